The molecule has 4 aromatic carbocycles. The van der Waals surface area contributed by atoms with E-state index in [1.54, 1.807) is 68.6 Å². The van der Waals surface area contributed by atoms with Crippen LogP contribution < -0.4 is 29.1 Å². The number of ether oxygens (including phenoxy) is 4. The molecule has 1 atom stereocenters. The van der Waals surface area contributed by atoms with E-state index in [2.05, 4.69) is 0 Å². The zero-order chi connectivity index (χ0) is 33.8. The Labute approximate surface area is 290 Å². The molecule has 5 aromatic rings. The van der Waals surface area contributed by atoms with Gasteiger partial charge < -0.3 is 18.9 Å². The Hall–Kier alpha value is -4.83. The number of carbonyl (C=O) groups is 1. The van der Waals surface area contributed by atoms with Gasteiger partial charge in [-0.25, -0.2) is 9.79 Å². The summed E-state index contributed by atoms with van der Waals surface area (Å²) in [5.41, 5.74) is 3.14. The van der Waals surface area contributed by atoms with Crippen LogP contribution in [0.15, 0.2) is 106 Å². The van der Waals surface area contributed by atoms with Crippen LogP contribution in [0.4, 0.5) is 0 Å². The van der Waals surface area contributed by atoms with Crippen molar-refractivity contribution in [3.05, 3.63) is 149 Å². The summed E-state index contributed by atoms with van der Waals surface area (Å²) in [6.07, 6.45) is 1.73. The molecule has 244 valence electrons. The molecule has 0 unspecified atom stereocenters. The maximum absolute atomic E-state index is 14.4. The van der Waals surface area contributed by atoms with Crippen molar-refractivity contribution in [1.82, 2.24) is 4.57 Å². The van der Waals surface area contributed by atoms with Gasteiger partial charge in [-0.3, -0.25) is 9.36 Å². The summed E-state index contributed by atoms with van der Waals surface area (Å²) in [6.45, 7) is 2.16. The Kier molecular flexibility index (Phi) is 10.0. The zero-order valence-corrected chi connectivity index (χ0v) is 28.6. The standard InChI is InChI=1S/C37H30Cl2N2O6S/c1-4-46-36(43)32-33(23-8-6-5-7-9-23)40-37-41(34(32)24-12-16-29(44-2)30(19-24)45-3)35(42)31(48-37)20-25-18-27(39)15-17-28(25)47-21-22-10-13-26(38)14-11-22/h5-20,34H,4,21H2,1-3H3/b31-20-/t34-/m1/s1. The number of hydrogen-bond acceptors (Lipinski definition) is 8. The van der Waals surface area contributed by atoms with Crippen LogP contribution in [0.1, 0.15) is 35.2 Å². The zero-order valence-electron chi connectivity index (χ0n) is 26.2. The molecule has 0 spiro atoms. The molecule has 0 fully saturated rings. The highest BCUT2D eigenvalue weighted by Gasteiger charge is 2.35. The van der Waals surface area contributed by atoms with Gasteiger partial charge in [0, 0.05) is 21.2 Å². The molecule has 6 rings (SSSR count). The first-order chi connectivity index (χ1) is 23.3. The van der Waals surface area contributed by atoms with E-state index in [1.165, 1.54) is 23.0 Å². The second-order valence-corrected chi connectivity index (χ2v) is 12.5. The number of nitrogens with zero attached hydrogens (tertiary/aromatic N) is 2. The third-order valence-electron chi connectivity index (χ3n) is 7.66. The molecule has 48 heavy (non-hydrogen) atoms. The van der Waals surface area contributed by atoms with Crippen molar-refractivity contribution in [1.29, 1.82) is 0 Å². The quantitative estimate of drug-likeness (QED) is 0.148. The summed E-state index contributed by atoms with van der Waals surface area (Å²) in [5.74, 6) is 0.904. The Morgan fingerprint density at radius 2 is 1.60 bits per heavy atom. The fraction of sp³-hybridized carbons (Fsp3) is 0.162. The first-order valence-corrected chi connectivity index (χ1v) is 16.6. The van der Waals surface area contributed by atoms with E-state index in [1.807, 2.05) is 42.5 Å². The highest BCUT2D eigenvalue weighted by molar-refractivity contribution is 7.07. The predicted molar refractivity (Wildman–Crippen MR) is 188 cm³/mol. The van der Waals surface area contributed by atoms with Gasteiger partial charge in [-0.2, -0.15) is 0 Å². The average molecular weight is 702 g/mol. The number of fused-ring (bicyclic) bond motifs is 1. The molecule has 0 radical (unpaired) electrons. The van der Waals surface area contributed by atoms with E-state index in [4.69, 9.17) is 47.1 Å². The Morgan fingerprint density at radius 3 is 2.31 bits per heavy atom. The van der Waals surface area contributed by atoms with E-state index in [-0.39, 0.29) is 24.3 Å². The maximum Gasteiger partial charge on any atom is 0.338 e. The molecule has 1 aromatic heterocycles. The highest BCUT2D eigenvalue weighted by Crippen LogP contribution is 2.38. The number of halogens is 2. The molecule has 0 bridgehead atoms. The SMILES string of the molecule is CCOC(=O)C1=C(c2ccccc2)N=c2s/c(=C\c3cc(Cl)ccc3OCc3ccc(Cl)cc3)c(=O)n2[C@@H]1c1ccc(OC)c(OC)c1. The molecule has 1 aliphatic rings. The Bertz CT molecular complexity index is 2190. The minimum atomic E-state index is -0.891. The third kappa shape index (κ3) is 6.75. The lowest BCUT2D eigenvalue weighted by Crippen LogP contribution is -2.40. The summed E-state index contributed by atoms with van der Waals surface area (Å²) < 4.78 is 24.7. The van der Waals surface area contributed by atoms with Crippen molar-refractivity contribution in [2.45, 2.75) is 19.6 Å². The maximum atomic E-state index is 14.4. The van der Waals surface area contributed by atoms with E-state index >= 15 is 0 Å². The van der Waals surface area contributed by atoms with Crippen LogP contribution in [0.2, 0.25) is 10.0 Å². The minimum Gasteiger partial charge on any atom is -0.493 e. The number of hydrogen-bond donors (Lipinski definition) is 0. The van der Waals surface area contributed by atoms with Crippen molar-refractivity contribution in [2.75, 3.05) is 20.8 Å². The summed E-state index contributed by atoms with van der Waals surface area (Å²) in [6, 6.07) is 26.4. The van der Waals surface area contributed by atoms with Crippen LogP contribution in [-0.4, -0.2) is 31.4 Å². The van der Waals surface area contributed by atoms with Gasteiger partial charge in [-0.1, -0.05) is 83.1 Å². The average Bonchev–Trinajstić information content (AvgIpc) is 3.41. The van der Waals surface area contributed by atoms with Gasteiger partial charge in [0.2, 0.25) is 0 Å². The van der Waals surface area contributed by atoms with Gasteiger partial charge in [0.25, 0.3) is 5.56 Å². The smallest absolute Gasteiger partial charge is 0.338 e. The van der Waals surface area contributed by atoms with Gasteiger partial charge in [0.1, 0.15) is 12.4 Å². The summed E-state index contributed by atoms with van der Waals surface area (Å²) in [5, 5.41) is 1.11. The molecular weight excluding hydrogens is 671 g/mol. The molecule has 8 nitrogen and oxygen atoms in total. The largest absolute Gasteiger partial charge is 0.493 e. The van der Waals surface area contributed by atoms with Crippen LogP contribution in [0.25, 0.3) is 11.8 Å². The number of rotatable bonds is 10. The second-order valence-electron chi connectivity index (χ2n) is 10.6. The lowest BCUT2D eigenvalue weighted by molar-refractivity contribution is -0.138. The van der Waals surface area contributed by atoms with Crippen LogP contribution in [0.5, 0.6) is 17.2 Å². The predicted octanol–water partition coefficient (Wildman–Crippen LogP) is 6.84. The number of aromatic nitrogens is 1. The molecule has 0 saturated heterocycles. The molecule has 0 N–H and O–H groups in total. The van der Waals surface area contributed by atoms with Gasteiger partial charge in [0.05, 0.1) is 42.7 Å². The van der Waals surface area contributed by atoms with Crippen LogP contribution in [0, 0.1) is 0 Å². The van der Waals surface area contributed by atoms with Crippen LogP contribution in [0.3, 0.4) is 0 Å². The second kappa shape index (κ2) is 14.5. The van der Waals surface area contributed by atoms with Gasteiger partial charge in [-0.05, 0) is 66.6 Å². The van der Waals surface area contributed by atoms with Gasteiger partial charge in [0.15, 0.2) is 16.3 Å². The monoisotopic (exact) mass is 700 g/mol. The normalized spacial score (nSPS) is 14.3. The summed E-state index contributed by atoms with van der Waals surface area (Å²) in [4.78, 5) is 33.5. The minimum absolute atomic E-state index is 0.140. The molecule has 11 heteroatoms. The molecule has 0 aliphatic carbocycles. The molecule has 0 amide bonds. The van der Waals surface area contributed by atoms with Crippen molar-refractivity contribution in [3.8, 4) is 17.2 Å². The molecule has 2 heterocycles. The third-order valence-corrected chi connectivity index (χ3v) is 9.13. The fourth-order valence-corrected chi connectivity index (χ4v) is 6.72. The number of methoxy groups -OCH3 is 2. The van der Waals surface area contributed by atoms with Gasteiger partial charge in [-0.15, -0.1) is 0 Å². The van der Waals surface area contributed by atoms with Crippen molar-refractivity contribution < 1.29 is 23.7 Å². The van der Waals surface area contributed by atoms with Crippen molar-refractivity contribution in [2.24, 2.45) is 4.99 Å². The van der Waals surface area contributed by atoms with Crippen LogP contribution in [-0.2, 0) is 16.1 Å². The molecular formula is C37H30Cl2N2O6S. The number of carbonyl (C=O) groups excluding carboxylic acids is 1. The van der Waals surface area contributed by atoms with E-state index in [0.717, 1.165) is 5.56 Å². The molecule has 0 saturated carbocycles. The van der Waals surface area contributed by atoms with E-state index in [0.29, 0.717) is 59.0 Å². The highest BCUT2D eigenvalue weighted by atomic mass is 35.5. The lowest BCUT2D eigenvalue weighted by atomic mass is 9.93. The number of benzene rings is 4. The van der Waals surface area contributed by atoms with Crippen molar-refractivity contribution in [3.63, 3.8) is 0 Å². The fourth-order valence-electron chi connectivity index (χ4n) is 5.43. The Morgan fingerprint density at radius 1 is 0.896 bits per heavy atom. The summed E-state index contributed by atoms with van der Waals surface area (Å²) >= 11 is 13.7. The number of esters is 1. The first kappa shape index (κ1) is 33.1. The van der Waals surface area contributed by atoms with Crippen LogP contribution >= 0.6 is 34.5 Å². The van der Waals surface area contributed by atoms with E-state index < -0.39 is 12.0 Å². The molecule has 1 aliphatic heterocycles. The van der Waals surface area contributed by atoms with Gasteiger partial charge >= 0.3 is 5.97 Å². The lowest BCUT2D eigenvalue weighted by Gasteiger charge is -2.26. The van der Waals surface area contributed by atoms with Crippen molar-refractivity contribution >= 4 is 52.3 Å². The topological polar surface area (TPSA) is 88.4 Å². The summed E-state index contributed by atoms with van der Waals surface area (Å²) in [7, 11) is 3.07. The first-order valence-electron chi connectivity index (χ1n) is 15.0. The van der Waals surface area contributed by atoms with E-state index in [9.17, 15) is 9.59 Å². The number of thiazole rings is 1. The Balaban J connectivity index is 1.56.